The van der Waals surface area contributed by atoms with Crippen LogP contribution >= 0.6 is 0 Å². The number of aliphatic hydroxyl groups is 1. The fraction of sp³-hybridized carbons (Fsp3) is 0.714. The van der Waals surface area contributed by atoms with E-state index in [0.717, 1.165) is 5.06 Å². The molecule has 0 spiro atoms. The topological polar surface area (TPSA) is 66.8 Å². The molecular formula is C7H11NO4. The summed E-state index contributed by atoms with van der Waals surface area (Å²) in [6.07, 6.45) is -0.210. The van der Waals surface area contributed by atoms with E-state index in [1.165, 1.54) is 0 Å². The van der Waals surface area contributed by atoms with Gasteiger partial charge in [-0.25, -0.2) is 4.79 Å². The Balaban J connectivity index is 2.50. The molecule has 0 aromatic carbocycles. The highest BCUT2D eigenvalue weighted by molar-refractivity contribution is 5.79. The summed E-state index contributed by atoms with van der Waals surface area (Å²) in [6.45, 7) is 1.62. The molecular weight excluding hydrogens is 162 g/mol. The lowest BCUT2D eigenvalue weighted by molar-refractivity contribution is -0.220. The molecule has 12 heavy (non-hydrogen) atoms. The van der Waals surface area contributed by atoms with E-state index in [4.69, 9.17) is 5.11 Å². The van der Waals surface area contributed by atoms with Crippen molar-refractivity contribution in [2.45, 2.75) is 32.4 Å². The minimum absolute atomic E-state index is 0.191. The summed E-state index contributed by atoms with van der Waals surface area (Å²) in [6, 6.07) is 0. The molecule has 5 nitrogen and oxygen atoms in total. The van der Waals surface area contributed by atoms with E-state index in [-0.39, 0.29) is 18.7 Å². The number of rotatable bonds is 2. The number of aliphatic hydroxyl groups excluding tert-OH is 1. The Morgan fingerprint density at radius 3 is 2.92 bits per heavy atom. The third-order valence-corrected chi connectivity index (χ3v) is 1.62. The lowest BCUT2D eigenvalue weighted by Gasteiger charge is -2.17. The highest BCUT2D eigenvalue weighted by Gasteiger charge is 2.32. The molecule has 1 aliphatic heterocycles. The highest BCUT2D eigenvalue weighted by Crippen LogP contribution is 2.16. The Labute approximate surface area is 69.9 Å². The Hall–Kier alpha value is -1.10. The number of carbonyl (C=O) groups excluding carboxylic acids is 2. The number of nitrogens with zero attached hydrogens (tertiary/aromatic N) is 1. The highest BCUT2D eigenvalue weighted by atomic mass is 16.7. The third-order valence-electron chi connectivity index (χ3n) is 1.62. The first kappa shape index (κ1) is 8.99. The van der Waals surface area contributed by atoms with Gasteiger partial charge < -0.3 is 9.94 Å². The van der Waals surface area contributed by atoms with Crippen LogP contribution in [0.5, 0.6) is 0 Å². The van der Waals surface area contributed by atoms with Gasteiger partial charge >= 0.3 is 5.97 Å². The second kappa shape index (κ2) is 3.53. The van der Waals surface area contributed by atoms with Gasteiger partial charge in [-0.1, -0.05) is 6.92 Å². The van der Waals surface area contributed by atoms with Crippen LogP contribution in [0.2, 0.25) is 0 Å². The molecule has 1 fully saturated rings. The Morgan fingerprint density at radius 2 is 2.50 bits per heavy atom. The van der Waals surface area contributed by atoms with Crippen molar-refractivity contribution >= 4 is 11.9 Å². The average molecular weight is 173 g/mol. The van der Waals surface area contributed by atoms with Gasteiger partial charge in [-0.15, -0.1) is 5.06 Å². The summed E-state index contributed by atoms with van der Waals surface area (Å²) in [5, 5.41) is 9.87. The van der Waals surface area contributed by atoms with Gasteiger partial charge in [0.15, 0.2) is 6.23 Å². The second-order valence-corrected chi connectivity index (χ2v) is 2.56. The van der Waals surface area contributed by atoms with Gasteiger partial charge in [-0.05, 0) is 0 Å². The zero-order chi connectivity index (χ0) is 9.14. The first-order valence-corrected chi connectivity index (χ1v) is 3.86. The van der Waals surface area contributed by atoms with Gasteiger partial charge in [0.05, 0.1) is 0 Å². The molecule has 1 heterocycles. The van der Waals surface area contributed by atoms with Crippen molar-refractivity contribution in [1.82, 2.24) is 5.06 Å². The maximum atomic E-state index is 10.9. The minimum Gasteiger partial charge on any atom is -0.370 e. The zero-order valence-corrected chi connectivity index (χ0v) is 6.82. The maximum Gasteiger partial charge on any atom is 0.332 e. The van der Waals surface area contributed by atoms with Gasteiger partial charge in [0, 0.05) is 19.3 Å². The molecule has 1 aliphatic rings. The number of hydrogen-bond acceptors (Lipinski definition) is 4. The minimum atomic E-state index is -0.965. The summed E-state index contributed by atoms with van der Waals surface area (Å²) in [7, 11) is 0. The van der Waals surface area contributed by atoms with Crippen molar-refractivity contribution in [2.24, 2.45) is 0 Å². The van der Waals surface area contributed by atoms with E-state index in [2.05, 4.69) is 4.84 Å². The number of hydrogen-bond donors (Lipinski definition) is 1. The molecule has 5 heteroatoms. The quantitative estimate of drug-likeness (QED) is 0.627. The molecule has 0 aliphatic carbocycles. The van der Waals surface area contributed by atoms with Crippen molar-refractivity contribution < 1.29 is 19.5 Å². The van der Waals surface area contributed by atoms with Crippen LogP contribution in [-0.2, 0) is 14.4 Å². The lowest BCUT2D eigenvalue weighted by atomic mass is 10.4. The third kappa shape index (κ3) is 1.73. The molecule has 1 atom stereocenters. The van der Waals surface area contributed by atoms with Crippen molar-refractivity contribution in [3.05, 3.63) is 0 Å². The fourth-order valence-corrected chi connectivity index (χ4v) is 0.932. The monoisotopic (exact) mass is 173 g/mol. The predicted octanol–water partition coefficient (Wildman–Crippen LogP) is -0.205. The molecule has 0 radical (unpaired) electrons. The van der Waals surface area contributed by atoms with Crippen molar-refractivity contribution in [3.8, 4) is 0 Å². The molecule has 1 saturated heterocycles. The van der Waals surface area contributed by atoms with Crippen LogP contribution in [0.3, 0.4) is 0 Å². The van der Waals surface area contributed by atoms with Gasteiger partial charge in [0.2, 0.25) is 0 Å². The Bertz CT molecular complexity index is 204. The smallest absolute Gasteiger partial charge is 0.332 e. The molecule has 0 saturated carbocycles. The standard InChI is InChI=1S/C7H11NO4/c1-2-7(11)12-8-5(9)3-4-6(8)10/h5,9H,2-4H2,1H3. The molecule has 1 N–H and O–H groups in total. The van der Waals surface area contributed by atoms with E-state index in [1.54, 1.807) is 6.92 Å². The van der Waals surface area contributed by atoms with Gasteiger partial charge in [0.1, 0.15) is 0 Å². The van der Waals surface area contributed by atoms with E-state index in [9.17, 15) is 9.59 Å². The maximum absolute atomic E-state index is 10.9. The largest absolute Gasteiger partial charge is 0.370 e. The molecule has 68 valence electrons. The van der Waals surface area contributed by atoms with E-state index < -0.39 is 12.2 Å². The second-order valence-electron chi connectivity index (χ2n) is 2.56. The first-order valence-electron chi connectivity index (χ1n) is 3.86. The van der Waals surface area contributed by atoms with E-state index in [1.807, 2.05) is 0 Å². The van der Waals surface area contributed by atoms with Crippen LogP contribution in [0.4, 0.5) is 0 Å². The summed E-state index contributed by atoms with van der Waals surface area (Å²) in [5.41, 5.74) is 0. The van der Waals surface area contributed by atoms with Crippen LogP contribution in [0.1, 0.15) is 26.2 Å². The number of amides is 1. The van der Waals surface area contributed by atoms with Crippen LogP contribution in [-0.4, -0.2) is 28.3 Å². The van der Waals surface area contributed by atoms with E-state index >= 15 is 0 Å². The molecule has 0 bridgehead atoms. The zero-order valence-electron chi connectivity index (χ0n) is 6.82. The molecule has 0 aromatic heterocycles. The normalized spacial score (nSPS) is 23.0. The van der Waals surface area contributed by atoms with Gasteiger partial charge in [-0.2, -0.15) is 0 Å². The van der Waals surface area contributed by atoms with Crippen molar-refractivity contribution in [2.75, 3.05) is 0 Å². The van der Waals surface area contributed by atoms with Crippen LogP contribution in [0.25, 0.3) is 0 Å². The fourth-order valence-electron chi connectivity index (χ4n) is 0.932. The van der Waals surface area contributed by atoms with E-state index in [0.29, 0.717) is 6.42 Å². The summed E-state index contributed by atoms with van der Waals surface area (Å²) >= 11 is 0. The summed E-state index contributed by atoms with van der Waals surface area (Å²) < 4.78 is 0. The lowest BCUT2D eigenvalue weighted by Crippen LogP contribution is -2.34. The summed E-state index contributed by atoms with van der Waals surface area (Å²) in [4.78, 5) is 26.2. The van der Waals surface area contributed by atoms with Gasteiger partial charge in [-0.3, -0.25) is 4.79 Å². The van der Waals surface area contributed by atoms with Gasteiger partial charge in [0.25, 0.3) is 5.91 Å². The molecule has 1 rings (SSSR count). The SMILES string of the molecule is CCC(=O)ON1C(=O)CCC1O. The first-order chi connectivity index (χ1) is 5.65. The van der Waals surface area contributed by atoms with Crippen molar-refractivity contribution in [1.29, 1.82) is 0 Å². The van der Waals surface area contributed by atoms with Crippen LogP contribution in [0.15, 0.2) is 0 Å². The number of carbonyl (C=O) groups is 2. The Kier molecular flexibility index (Phi) is 2.65. The Morgan fingerprint density at radius 1 is 1.83 bits per heavy atom. The van der Waals surface area contributed by atoms with Crippen molar-refractivity contribution in [3.63, 3.8) is 0 Å². The number of hydroxylamine groups is 2. The predicted molar refractivity (Wildman–Crippen MR) is 38.5 cm³/mol. The molecule has 0 aromatic rings. The average Bonchev–Trinajstić information content (AvgIpc) is 2.35. The summed E-state index contributed by atoms with van der Waals surface area (Å²) in [5.74, 6) is -0.853. The van der Waals surface area contributed by atoms with Crippen LogP contribution < -0.4 is 0 Å². The molecule has 1 unspecified atom stereocenters. The molecule has 1 amide bonds. The van der Waals surface area contributed by atoms with Crippen LogP contribution in [0, 0.1) is 0 Å².